The second-order valence-corrected chi connectivity index (χ2v) is 19.3. The molecule has 0 aliphatic heterocycles. The van der Waals surface area contributed by atoms with Gasteiger partial charge < -0.3 is 11.5 Å². The second kappa shape index (κ2) is 21.4. The maximum atomic E-state index is 12.7. The molecule has 0 radical (unpaired) electrons. The Hall–Kier alpha value is -4.62. The number of nitrogen functional groups attached to an aromatic ring is 2. The zero-order valence-corrected chi connectivity index (χ0v) is 35.4. The Balaban J connectivity index is 1.74. The highest BCUT2D eigenvalue weighted by Crippen LogP contribution is 2.46. The van der Waals surface area contributed by atoms with Gasteiger partial charge in [0.05, 0.1) is 69.3 Å². The number of hydrogen-bond donors (Lipinski definition) is 6. The van der Waals surface area contributed by atoms with Gasteiger partial charge in [-0.2, -0.15) is 27.1 Å². The number of nitrogens with two attached hydrogens (primary N) is 2. The first-order valence-electron chi connectivity index (χ1n) is 15.9. The van der Waals surface area contributed by atoms with Crippen LogP contribution in [-0.2, 0) is 67.3 Å². The Morgan fingerprint density at radius 3 is 1.62 bits per heavy atom. The molecule has 0 aliphatic carbocycles. The second-order valence-electron chi connectivity index (χ2n) is 11.4. The summed E-state index contributed by atoms with van der Waals surface area (Å²) in [6, 6.07) is 13.1. The molecule has 0 saturated carbocycles. The minimum Gasteiger partial charge on any atom is -0.395 e. The largest absolute Gasteiger partial charge is 0.397 e. The summed E-state index contributed by atoms with van der Waals surface area (Å²) in [4.78, 5) is -0.879. The van der Waals surface area contributed by atoms with Gasteiger partial charge in [0, 0.05) is 4.90 Å². The number of rotatable bonds is 22. The van der Waals surface area contributed by atoms with Crippen molar-refractivity contribution in [2.75, 3.05) is 36.2 Å². The molecule has 0 bridgehead atoms. The number of hydrogen-bond acceptors (Lipinski definition) is 26. The van der Waals surface area contributed by atoms with Gasteiger partial charge in [-0.05, 0) is 79.2 Å². The molecule has 32 heteroatoms. The molecule has 0 unspecified atom stereocenters. The summed E-state index contributed by atoms with van der Waals surface area (Å²) in [5, 5.41) is 47.9. The summed E-state index contributed by atoms with van der Waals surface area (Å²) in [7, 11) is -17.7. The summed E-state index contributed by atoms with van der Waals surface area (Å²) in [6.45, 7) is 0.272. The molecule has 0 fully saturated rings. The molecule has 0 aromatic heterocycles. The zero-order chi connectivity index (χ0) is 45.0. The number of anilines is 2. The van der Waals surface area contributed by atoms with Crippen molar-refractivity contribution in [1.29, 1.82) is 0 Å². The van der Waals surface area contributed by atoms with Gasteiger partial charge in [-0.3, -0.25) is 13.3 Å². The maximum Gasteiger partial charge on any atom is 0.397 e. The Bertz CT molecular complexity index is 2740. The average Bonchev–Trinajstić information content (AvgIpc) is 3.19. The van der Waals surface area contributed by atoms with Crippen LogP contribution >= 0.6 is 24.4 Å². The maximum absolute atomic E-state index is 12.7. The van der Waals surface area contributed by atoms with Crippen molar-refractivity contribution in [3.05, 3.63) is 72.3 Å². The third kappa shape index (κ3) is 14.5. The smallest absolute Gasteiger partial charge is 0.395 e. The molecule has 0 amide bonds. The average molecular weight is 971 g/mol. The summed E-state index contributed by atoms with van der Waals surface area (Å²) < 4.78 is 132. The van der Waals surface area contributed by atoms with Crippen LogP contribution < -0.4 is 11.5 Å². The standard InChI is InChI=1S/C29H30N8O18S6/c1-17-14-26(60(44,45)46)22(16-25(17)56-54-52-38)34-36-24-15-23(35-32-18-2-6-20(7-3-18)58(40,41)12-10-50-57-55-53-39)27(30)29(28(24)31)37-33-19-4-8-21(9-5-19)59(42,43)13-11-51-61(47,48)49/h2-9,14-16,38-39H,10-13,30-31H2,1H3,(H,44,45,46)(H,47,48,49). The molecule has 0 heterocycles. The van der Waals surface area contributed by atoms with Crippen molar-refractivity contribution >= 4 is 110 Å². The Labute approximate surface area is 354 Å². The predicted octanol–water partition coefficient (Wildman–Crippen LogP) is 6.45. The SMILES string of the molecule is Cc1cc(S(=O)(=O)O)c(N=Nc2cc(N=Nc3ccc(S(=O)(=O)CCOSOOO)cc3)c(N)c(N=Nc3ccc(S(=O)(=O)CCOS(=O)(=O)O)cc3)c2N)cc1SOOO. The van der Waals surface area contributed by atoms with E-state index in [2.05, 4.69) is 53.6 Å². The van der Waals surface area contributed by atoms with E-state index in [-0.39, 0.29) is 79.0 Å². The van der Waals surface area contributed by atoms with E-state index in [1.165, 1.54) is 49.4 Å². The van der Waals surface area contributed by atoms with Crippen LogP contribution in [0, 0.1) is 6.92 Å². The van der Waals surface area contributed by atoms with E-state index in [0.717, 1.165) is 24.3 Å². The summed E-state index contributed by atoms with van der Waals surface area (Å²) in [5.41, 5.74) is 11.5. The van der Waals surface area contributed by atoms with Gasteiger partial charge in [-0.1, -0.05) is 10.1 Å². The van der Waals surface area contributed by atoms with E-state index in [9.17, 15) is 38.2 Å². The fourth-order valence-corrected chi connectivity index (χ4v) is 8.53. The topological polar surface area (TPSA) is 399 Å². The third-order valence-corrected chi connectivity index (χ3v) is 13.2. The lowest BCUT2D eigenvalue weighted by molar-refractivity contribution is -0.434. The van der Waals surface area contributed by atoms with Crippen LogP contribution in [0.1, 0.15) is 5.56 Å². The Kier molecular flexibility index (Phi) is 17.2. The van der Waals surface area contributed by atoms with Gasteiger partial charge in [0.25, 0.3) is 10.1 Å². The molecular formula is C29H30N8O18S6. The lowest BCUT2D eigenvalue weighted by atomic mass is 10.1. The van der Waals surface area contributed by atoms with Gasteiger partial charge in [-0.25, -0.2) is 31.5 Å². The highest BCUT2D eigenvalue weighted by atomic mass is 32.3. The monoisotopic (exact) mass is 970 g/mol. The van der Waals surface area contributed by atoms with Crippen LogP contribution in [0.5, 0.6) is 0 Å². The highest BCUT2D eigenvalue weighted by molar-refractivity contribution is 7.94. The van der Waals surface area contributed by atoms with E-state index in [4.69, 9.17) is 30.7 Å². The first-order valence-corrected chi connectivity index (χ1v) is 23.4. The molecule has 4 aromatic carbocycles. The van der Waals surface area contributed by atoms with Crippen LogP contribution in [0.25, 0.3) is 0 Å². The van der Waals surface area contributed by atoms with Crippen LogP contribution in [0.15, 0.2) is 117 Å². The number of aryl methyl sites for hydroxylation is 1. The molecule has 61 heavy (non-hydrogen) atoms. The fourth-order valence-electron chi connectivity index (χ4n) is 4.49. The van der Waals surface area contributed by atoms with Gasteiger partial charge in [-0.15, -0.1) is 29.1 Å². The normalized spacial score (nSPS) is 12.9. The predicted molar refractivity (Wildman–Crippen MR) is 212 cm³/mol. The zero-order valence-electron chi connectivity index (χ0n) is 30.5. The molecule has 330 valence electrons. The summed E-state index contributed by atoms with van der Waals surface area (Å²) in [6.07, 6.45) is 0. The highest BCUT2D eigenvalue weighted by Gasteiger charge is 2.21. The molecule has 0 saturated heterocycles. The van der Waals surface area contributed by atoms with Crippen molar-refractivity contribution in [2.24, 2.45) is 30.7 Å². The summed E-state index contributed by atoms with van der Waals surface area (Å²) in [5.74, 6) is -1.26. The molecular weight excluding hydrogens is 941 g/mol. The molecule has 0 aliphatic rings. The number of sulfone groups is 2. The van der Waals surface area contributed by atoms with Crippen LogP contribution in [0.4, 0.5) is 45.5 Å². The van der Waals surface area contributed by atoms with E-state index in [1.807, 2.05) is 0 Å². The molecule has 0 spiro atoms. The van der Waals surface area contributed by atoms with E-state index in [1.54, 1.807) is 0 Å². The van der Waals surface area contributed by atoms with Gasteiger partial charge in [0.1, 0.15) is 27.6 Å². The van der Waals surface area contributed by atoms with Gasteiger partial charge >= 0.3 is 10.4 Å². The van der Waals surface area contributed by atoms with Gasteiger partial charge in [0.2, 0.25) is 0 Å². The lowest BCUT2D eigenvalue weighted by Crippen LogP contribution is -2.15. The molecule has 26 nitrogen and oxygen atoms in total. The van der Waals surface area contributed by atoms with Crippen molar-refractivity contribution in [2.45, 2.75) is 26.5 Å². The third-order valence-electron chi connectivity index (χ3n) is 7.35. The van der Waals surface area contributed by atoms with Gasteiger partial charge in [0.15, 0.2) is 32.0 Å². The molecule has 4 aromatic rings. The molecule has 4 rings (SSSR count). The van der Waals surface area contributed by atoms with Crippen molar-refractivity contribution in [3.63, 3.8) is 0 Å². The van der Waals surface area contributed by atoms with Crippen LogP contribution in [0.3, 0.4) is 0 Å². The van der Waals surface area contributed by atoms with Crippen molar-refractivity contribution in [1.82, 2.24) is 0 Å². The van der Waals surface area contributed by atoms with Crippen LogP contribution in [0.2, 0.25) is 0 Å². The lowest BCUT2D eigenvalue weighted by Gasteiger charge is -2.10. The van der Waals surface area contributed by atoms with E-state index >= 15 is 0 Å². The fraction of sp³-hybridized carbons (Fsp3) is 0.172. The van der Waals surface area contributed by atoms with Crippen molar-refractivity contribution in [3.8, 4) is 0 Å². The number of nitrogens with zero attached hydrogens (tertiary/aromatic N) is 6. The molecule has 8 N–H and O–H groups in total. The summed E-state index contributed by atoms with van der Waals surface area (Å²) >= 11 is 0.673. The van der Waals surface area contributed by atoms with Crippen molar-refractivity contribution < 1.29 is 80.4 Å². The Morgan fingerprint density at radius 2 is 1.11 bits per heavy atom. The minimum atomic E-state index is -4.90. The quantitative estimate of drug-likeness (QED) is 0.00937. The minimum absolute atomic E-state index is 0.0477. The van der Waals surface area contributed by atoms with E-state index in [0.29, 0.717) is 12.0 Å². The first kappa shape index (κ1) is 49.0. The first-order chi connectivity index (χ1) is 28.6. The number of azo groups is 3. The van der Waals surface area contributed by atoms with Crippen LogP contribution in [-0.4, -0.2) is 78.0 Å². The van der Waals surface area contributed by atoms with E-state index < -0.39 is 68.9 Å². The number of benzene rings is 4. The molecule has 0 atom stereocenters. The Morgan fingerprint density at radius 1 is 0.623 bits per heavy atom.